The maximum Gasteiger partial charge on any atom is 0.161 e. The van der Waals surface area contributed by atoms with E-state index in [1.54, 1.807) is 0 Å². The maximum absolute atomic E-state index is 5.87. The van der Waals surface area contributed by atoms with Gasteiger partial charge in [0.25, 0.3) is 0 Å². The molecule has 112 valence electrons. The van der Waals surface area contributed by atoms with E-state index in [9.17, 15) is 0 Å². The first-order valence-electron chi connectivity index (χ1n) is 7.32. The predicted octanol–water partition coefficient (Wildman–Crippen LogP) is 3.50. The molecule has 0 radical (unpaired) electrons. The largest absolute Gasteiger partial charge is 0.489 e. The van der Waals surface area contributed by atoms with Crippen molar-refractivity contribution in [2.45, 2.75) is 13.5 Å². The van der Waals surface area contributed by atoms with Gasteiger partial charge in [0.2, 0.25) is 0 Å². The molecular formula is C18H23NO2. The van der Waals surface area contributed by atoms with E-state index < -0.39 is 0 Å². The number of ether oxygens (including phenoxy) is 2. The molecule has 0 aromatic heterocycles. The second-order valence-corrected chi connectivity index (χ2v) is 5.19. The van der Waals surface area contributed by atoms with Gasteiger partial charge in [-0.2, -0.15) is 0 Å². The number of nitrogens with one attached hydrogen (secondary N) is 1. The molecule has 1 atom stereocenters. The number of hydrogen-bond donors (Lipinski definition) is 1. The standard InChI is InChI=1S/C18H23NO2/c1-15(12-19-2)13-20-17-10-6-7-11-18(17)21-14-16-8-4-3-5-9-16/h3-11,15,19H,12-14H2,1-2H3/t15-/m0/s1. The summed E-state index contributed by atoms with van der Waals surface area (Å²) in [6.07, 6.45) is 0. The van der Waals surface area contributed by atoms with Crippen LogP contribution in [0.2, 0.25) is 0 Å². The summed E-state index contributed by atoms with van der Waals surface area (Å²) in [5.74, 6) is 2.05. The van der Waals surface area contributed by atoms with Crippen molar-refractivity contribution in [1.29, 1.82) is 0 Å². The Morgan fingerprint density at radius 2 is 1.52 bits per heavy atom. The molecule has 3 nitrogen and oxygen atoms in total. The van der Waals surface area contributed by atoms with Crippen LogP contribution in [-0.4, -0.2) is 20.2 Å². The third-order valence-corrected chi connectivity index (χ3v) is 3.16. The maximum atomic E-state index is 5.87. The first kappa shape index (κ1) is 15.4. The Balaban J connectivity index is 1.93. The summed E-state index contributed by atoms with van der Waals surface area (Å²) in [6.45, 7) is 4.32. The third kappa shape index (κ3) is 5.12. The van der Waals surface area contributed by atoms with Crippen molar-refractivity contribution in [3.63, 3.8) is 0 Å². The lowest BCUT2D eigenvalue weighted by molar-refractivity contribution is 0.232. The minimum Gasteiger partial charge on any atom is -0.489 e. The monoisotopic (exact) mass is 285 g/mol. The molecule has 0 bridgehead atoms. The lowest BCUT2D eigenvalue weighted by Gasteiger charge is -2.15. The van der Waals surface area contributed by atoms with Crippen molar-refractivity contribution in [3.8, 4) is 11.5 Å². The number of rotatable bonds is 8. The van der Waals surface area contributed by atoms with Gasteiger partial charge in [0, 0.05) is 12.5 Å². The molecule has 0 aliphatic carbocycles. The highest BCUT2D eigenvalue weighted by atomic mass is 16.5. The number of hydrogen-bond acceptors (Lipinski definition) is 3. The second-order valence-electron chi connectivity index (χ2n) is 5.19. The molecule has 0 saturated carbocycles. The minimum atomic E-state index is 0.456. The van der Waals surface area contributed by atoms with Crippen molar-refractivity contribution in [2.24, 2.45) is 5.92 Å². The van der Waals surface area contributed by atoms with E-state index in [1.807, 2.05) is 49.5 Å². The highest BCUT2D eigenvalue weighted by molar-refractivity contribution is 5.39. The molecule has 21 heavy (non-hydrogen) atoms. The molecule has 0 aliphatic rings. The highest BCUT2D eigenvalue weighted by Crippen LogP contribution is 2.27. The molecule has 0 aliphatic heterocycles. The quantitative estimate of drug-likeness (QED) is 0.805. The molecule has 2 rings (SSSR count). The van der Waals surface area contributed by atoms with Crippen LogP contribution >= 0.6 is 0 Å². The molecule has 0 spiro atoms. The third-order valence-electron chi connectivity index (χ3n) is 3.16. The lowest BCUT2D eigenvalue weighted by atomic mass is 10.2. The molecule has 0 unspecified atom stereocenters. The van der Waals surface area contributed by atoms with Gasteiger partial charge in [0.05, 0.1) is 6.61 Å². The Morgan fingerprint density at radius 1 is 0.905 bits per heavy atom. The average molecular weight is 285 g/mol. The topological polar surface area (TPSA) is 30.5 Å². The van der Waals surface area contributed by atoms with Crippen LogP contribution in [0.25, 0.3) is 0 Å². The summed E-state index contributed by atoms with van der Waals surface area (Å²) in [4.78, 5) is 0. The Kier molecular flexibility index (Phi) is 6.10. The van der Waals surface area contributed by atoms with Gasteiger partial charge < -0.3 is 14.8 Å². The van der Waals surface area contributed by atoms with Gasteiger partial charge in [-0.1, -0.05) is 49.4 Å². The molecule has 0 saturated heterocycles. The van der Waals surface area contributed by atoms with Crippen molar-refractivity contribution < 1.29 is 9.47 Å². The Labute approximate surface area is 126 Å². The van der Waals surface area contributed by atoms with E-state index in [0.717, 1.165) is 23.6 Å². The fourth-order valence-electron chi connectivity index (χ4n) is 2.06. The Bertz CT molecular complexity index is 528. The van der Waals surface area contributed by atoms with E-state index in [2.05, 4.69) is 24.4 Å². The molecule has 0 heterocycles. The summed E-state index contributed by atoms with van der Waals surface area (Å²) in [7, 11) is 1.95. The first-order chi connectivity index (χ1) is 10.3. The van der Waals surface area contributed by atoms with E-state index in [1.165, 1.54) is 0 Å². The van der Waals surface area contributed by atoms with E-state index in [4.69, 9.17) is 9.47 Å². The SMILES string of the molecule is CNC[C@H](C)COc1ccccc1OCc1ccccc1. The van der Waals surface area contributed by atoms with Gasteiger partial charge in [-0.3, -0.25) is 0 Å². The van der Waals surface area contributed by atoms with E-state index in [0.29, 0.717) is 19.1 Å². The van der Waals surface area contributed by atoms with Crippen LogP contribution < -0.4 is 14.8 Å². The van der Waals surface area contributed by atoms with Crippen LogP contribution in [0, 0.1) is 5.92 Å². The summed E-state index contributed by atoms with van der Waals surface area (Å²) in [6, 6.07) is 18.0. The fraction of sp³-hybridized carbons (Fsp3) is 0.333. The fourth-order valence-corrected chi connectivity index (χ4v) is 2.06. The van der Waals surface area contributed by atoms with Crippen LogP contribution in [0.15, 0.2) is 54.6 Å². The molecular weight excluding hydrogens is 262 g/mol. The van der Waals surface area contributed by atoms with Gasteiger partial charge in [-0.25, -0.2) is 0 Å². The molecule has 3 heteroatoms. The van der Waals surface area contributed by atoms with Gasteiger partial charge >= 0.3 is 0 Å². The van der Waals surface area contributed by atoms with E-state index in [-0.39, 0.29) is 0 Å². The summed E-state index contributed by atoms with van der Waals surface area (Å²) in [5, 5.41) is 3.15. The van der Waals surface area contributed by atoms with Crippen LogP contribution in [0.5, 0.6) is 11.5 Å². The molecule has 2 aromatic rings. The van der Waals surface area contributed by atoms with Gasteiger partial charge in [-0.05, 0) is 24.7 Å². The Hall–Kier alpha value is -2.00. The molecule has 1 N–H and O–H groups in total. The van der Waals surface area contributed by atoms with Crippen molar-refractivity contribution >= 4 is 0 Å². The zero-order valence-corrected chi connectivity index (χ0v) is 12.7. The smallest absolute Gasteiger partial charge is 0.161 e. The lowest BCUT2D eigenvalue weighted by Crippen LogP contribution is -2.21. The van der Waals surface area contributed by atoms with Crippen LogP contribution in [0.1, 0.15) is 12.5 Å². The first-order valence-corrected chi connectivity index (χ1v) is 7.32. The van der Waals surface area contributed by atoms with E-state index >= 15 is 0 Å². The summed E-state index contributed by atoms with van der Waals surface area (Å²) < 4.78 is 11.7. The van der Waals surface area contributed by atoms with Gasteiger partial charge in [0.1, 0.15) is 6.61 Å². The van der Waals surface area contributed by atoms with Crippen molar-refractivity contribution in [1.82, 2.24) is 5.32 Å². The Morgan fingerprint density at radius 3 is 2.19 bits per heavy atom. The number of benzene rings is 2. The second kappa shape index (κ2) is 8.32. The van der Waals surface area contributed by atoms with Crippen LogP contribution in [-0.2, 0) is 6.61 Å². The average Bonchev–Trinajstić information content (AvgIpc) is 2.53. The van der Waals surface area contributed by atoms with Gasteiger partial charge in [-0.15, -0.1) is 0 Å². The molecule has 0 amide bonds. The molecule has 2 aromatic carbocycles. The zero-order chi connectivity index (χ0) is 14.9. The normalized spacial score (nSPS) is 11.9. The zero-order valence-electron chi connectivity index (χ0n) is 12.7. The van der Waals surface area contributed by atoms with Crippen LogP contribution in [0.3, 0.4) is 0 Å². The summed E-state index contributed by atoms with van der Waals surface area (Å²) >= 11 is 0. The number of para-hydroxylation sites is 2. The molecule has 0 fully saturated rings. The van der Waals surface area contributed by atoms with Crippen molar-refractivity contribution in [3.05, 3.63) is 60.2 Å². The minimum absolute atomic E-state index is 0.456. The highest BCUT2D eigenvalue weighted by Gasteiger charge is 2.07. The predicted molar refractivity (Wildman–Crippen MR) is 85.8 cm³/mol. The van der Waals surface area contributed by atoms with Gasteiger partial charge in [0.15, 0.2) is 11.5 Å². The summed E-state index contributed by atoms with van der Waals surface area (Å²) in [5.41, 5.74) is 1.15. The van der Waals surface area contributed by atoms with Crippen molar-refractivity contribution in [2.75, 3.05) is 20.2 Å². The van der Waals surface area contributed by atoms with Crippen LogP contribution in [0.4, 0.5) is 0 Å².